The molecule has 0 unspecified atom stereocenters. The minimum atomic E-state index is 0.480. The van der Waals surface area contributed by atoms with Crippen LogP contribution >= 0.6 is 0 Å². The van der Waals surface area contributed by atoms with Crippen molar-refractivity contribution >= 4 is 0 Å². The molecule has 3 nitrogen and oxygen atoms in total. The van der Waals surface area contributed by atoms with E-state index < -0.39 is 0 Å². The molecule has 19 heavy (non-hydrogen) atoms. The molecule has 0 fully saturated rings. The van der Waals surface area contributed by atoms with Crippen LogP contribution in [-0.4, -0.2) is 15.8 Å². The highest BCUT2D eigenvalue weighted by atomic mass is 15.3. The van der Waals surface area contributed by atoms with Gasteiger partial charge < -0.3 is 5.32 Å². The first-order valence-electron chi connectivity index (χ1n) is 6.84. The Labute approximate surface area is 115 Å². The third kappa shape index (κ3) is 3.24. The van der Waals surface area contributed by atoms with Crippen LogP contribution in [0.15, 0.2) is 24.3 Å². The Bertz CT molecular complexity index is 567. The van der Waals surface area contributed by atoms with Gasteiger partial charge >= 0.3 is 0 Å². The van der Waals surface area contributed by atoms with E-state index in [1.807, 2.05) is 11.6 Å². The second-order valence-corrected chi connectivity index (χ2v) is 5.51. The van der Waals surface area contributed by atoms with Crippen LogP contribution in [0.4, 0.5) is 0 Å². The smallest absolute Gasteiger partial charge is 0.0693 e. The van der Waals surface area contributed by atoms with Gasteiger partial charge in [-0.15, -0.1) is 0 Å². The van der Waals surface area contributed by atoms with Crippen LogP contribution in [0, 0.1) is 20.8 Å². The van der Waals surface area contributed by atoms with Crippen LogP contribution in [-0.2, 0) is 6.54 Å². The molecule has 0 spiro atoms. The first-order valence-corrected chi connectivity index (χ1v) is 6.84. The molecule has 1 heterocycles. The zero-order valence-electron chi connectivity index (χ0n) is 12.5. The predicted molar refractivity (Wildman–Crippen MR) is 79.8 cm³/mol. The summed E-state index contributed by atoms with van der Waals surface area (Å²) in [5.41, 5.74) is 5.98. The number of hydrogen-bond acceptors (Lipinski definition) is 2. The summed E-state index contributed by atoms with van der Waals surface area (Å²) in [4.78, 5) is 0. The normalized spacial score (nSPS) is 11.3. The maximum Gasteiger partial charge on any atom is 0.0693 e. The number of aromatic nitrogens is 2. The number of rotatable bonds is 4. The van der Waals surface area contributed by atoms with Crippen LogP contribution in [0.2, 0.25) is 0 Å². The third-order valence-corrected chi connectivity index (χ3v) is 3.17. The highest BCUT2D eigenvalue weighted by Crippen LogP contribution is 2.18. The number of benzene rings is 1. The van der Waals surface area contributed by atoms with Crippen LogP contribution in [0.3, 0.4) is 0 Å². The largest absolute Gasteiger partial charge is 0.310 e. The van der Waals surface area contributed by atoms with Crippen LogP contribution in [0.1, 0.15) is 36.4 Å². The Morgan fingerprint density at radius 2 is 1.89 bits per heavy atom. The lowest BCUT2D eigenvalue weighted by Gasteiger charge is -2.14. The van der Waals surface area contributed by atoms with Gasteiger partial charge in [0, 0.05) is 18.3 Å². The Hall–Kier alpha value is -1.61. The van der Waals surface area contributed by atoms with Gasteiger partial charge in [0.2, 0.25) is 0 Å². The van der Waals surface area contributed by atoms with Crippen molar-refractivity contribution in [2.24, 2.45) is 0 Å². The van der Waals surface area contributed by atoms with Crippen molar-refractivity contribution in [1.82, 2.24) is 15.1 Å². The molecule has 102 valence electrons. The first-order chi connectivity index (χ1) is 8.97. The van der Waals surface area contributed by atoms with E-state index in [4.69, 9.17) is 0 Å². The third-order valence-electron chi connectivity index (χ3n) is 3.17. The molecule has 0 aliphatic carbocycles. The fourth-order valence-electron chi connectivity index (χ4n) is 2.25. The monoisotopic (exact) mass is 257 g/mol. The molecule has 1 aromatic carbocycles. The van der Waals surface area contributed by atoms with Gasteiger partial charge in [-0.05, 0) is 38.5 Å². The molecule has 0 radical (unpaired) electrons. The predicted octanol–water partition coefficient (Wildman–Crippen LogP) is 3.30. The summed E-state index contributed by atoms with van der Waals surface area (Å²) in [6.45, 7) is 11.5. The lowest BCUT2D eigenvalue weighted by Crippen LogP contribution is -2.23. The fraction of sp³-hybridized carbons (Fsp3) is 0.438. The molecule has 1 aromatic heterocycles. The molecule has 0 atom stereocenters. The fourth-order valence-corrected chi connectivity index (χ4v) is 2.25. The maximum atomic E-state index is 4.59. The van der Waals surface area contributed by atoms with E-state index in [9.17, 15) is 0 Å². The standard InChI is InChI=1S/C16H23N3/c1-11(2)17-10-15-8-12(3)6-7-16(15)19-14(5)9-13(4)18-19/h6-9,11,17H,10H2,1-5H3. The number of nitrogens with one attached hydrogen (secondary N) is 1. The highest BCUT2D eigenvalue weighted by molar-refractivity contribution is 5.44. The van der Waals surface area contributed by atoms with E-state index in [-0.39, 0.29) is 0 Å². The Morgan fingerprint density at radius 3 is 2.47 bits per heavy atom. The molecule has 3 heteroatoms. The summed E-state index contributed by atoms with van der Waals surface area (Å²) in [6, 6.07) is 9.13. The first kappa shape index (κ1) is 13.8. The van der Waals surface area contributed by atoms with Gasteiger partial charge in [-0.25, -0.2) is 4.68 Å². The average Bonchev–Trinajstić information content (AvgIpc) is 2.66. The van der Waals surface area contributed by atoms with Gasteiger partial charge in [0.25, 0.3) is 0 Å². The zero-order chi connectivity index (χ0) is 14.0. The molecular weight excluding hydrogens is 234 g/mol. The van der Waals surface area contributed by atoms with Crippen molar-refractivity contribution < 1.29 is 0 Å². The Morgan fingerprint density at radius 1 is 1.16 bits per heavy atom. The second-order valence-electron chi connectivity index (χ2n) is 5.51. The summed E-state index contributed by atoms with van der Waals surface area (Å²) in [5, 5.41) is 8.07. The van der Waals surface area contributed by atoms with Crippen molar-refractivity contribution in [3.8, 4) is 5.69 Å². The van der Waals surface area contributed by atoms with Gasteiger partial charge in [0.1, 0.15) is 0 Å². The van der Waals surface area contributed by atoms with E-state index in [0.29, 0.717) is 6.04 Å². The SMILES string of the molecule is Cc1ccc(-n2nc(C)cc2C)c(CNC(C)C)c1. The Balaban J connectivity index is 2.41. The van der Waals surface area contributed by atoms with Gasteiger partial charge in [0.15, 0.2) is 0 Å². The summed E-state index contributed by atoms with van der Waals surface area (Å²) < 4.78 is 2.03. The minimum Gasteiger partial charge on any atom is -0.310 e. The number of nitrogens with zero attached hydrogens (tertiary/aromatic N) is 2. The molecule has 2 aromatic rings. The van der Waals surface area contributed by atoms with Crippen molar-refractivity contribution in [2.75, 3.05) is 0 Å². The van der Waals surface area contributed by atoms with E-state index in [1.165, 1.54) is 22.5 Å². The highest BCUT2D eigenvalue weighted by Gasteiger charge is 2.09. The van der Waals surface area contributed by atoms with Crippen LogP contribution < -0.4 is 5.32 Å². The van der Waals surface area contributed by atoms with Crippen molar-refractivity contribution in [3.05, 3.63) is 46.8 Å². The van der Waals surface area contributed by atoms with E-state index in [1.54, 1.807) is 0 Å². The maximum absolute atomic E-state index is 4.59. The lowest BCUT2D eigenvalue weighted by atomic mass is 10.1. The van der Waals surface area contributed by atoms with Gasteiger partial charge in [-0.3, -0.25) is 0 Å². The molecule has 1 N–H and O–H groups in total. The number of hydrogen-bond donors (Lipinski definition) is 1. The number of aryl methyl sites for hydroxylation is 3. The van der Waals surface area contributed by atoms with Gasteiger partial charge in [0.05, 0.1) is 11.4 Å². The Kier molecular flexibility index (Phi) is 4.05. The summed E-state index contributed by atoms with van der Waals surface area (Å²) in [6.07, 6.45) is 0. The minimum absolute atomic E-state index is 0.480. The molecule has 0 bridgehead atoms. The lowest BCUT2D eigenvalue weighted by molar-refractivity contribution is 0.586. The molecule has 2 rings (SSSR count). The average molecular weight is 257 g/mol. The zero-order valence-corrected chi connectivity index (χ0v) is 12.5. The van der Waals surface area contributed by atoms with E-state index >= 15 is 0 Å². The van der Waals surface area contributed by atoms with E-state index in [2.05, 4.69) is 62.4 Å². The van der Waals surface area contributed by atoms with Gasteiger partial charge in [-0.2, -0.15) is 5.10 Å². The topological polar surface area (TPSA) is 29.9 Å². The summed E-state index contributed by atoms with van der Waals surface area (Å²) in [7, 11) is 0. The molecule has 0 amide bonds. The van der Waals surface area contributed by atoms with Crippen LogP contribution in [0.5, 0.6) is 0 Å². The molecule has 0 aliphatic rings. The summed E-state index contributed by atoms with van der Waals surface area (Å²) >= 11 is 0. The summed E-state index contributed by atoms with van der Waals surface area (Å²) in [5.74, 6) is 0. The molecular formula is C16H23N3. The second kappa shape index (κ2) is 5.57. The van der Waals surface area contributed by atoms with Crippen LogP contribution in [0.25, 0.3) is 5.69 Å². The molecule has 0 saturated carbocycles. The van der Waals surface area contributed by atoms with E-state index in [0.717, 1.165) is 12.2 Å². The molecule has 0 aliphatic heterocycles. The van der Waals surface area contributed by atoms with Crippen molar-refractivity contribution in [3.63, 3.8) is 0 Å². The van der Waals surface area contributed by atoms with Crippen molar-refractivity contribution in [2.45, 2.75) is 47.2 Å². The quantitative estimate of drug-likeness (QED) is 0.911. The van der Waals surface area contributed by atoms with Gasteiger partial charge in [-0.1, -0.05) is 31.5 Å². The molecule has 0 saturated heterocycles. The van der Waals surface area contributed by atoms with Crippen molar-refractivity contribution in [1.29, 1.82) is 0 Å².